The highest BCUT2D eigenvalue weighted by Crippen LogP contribution is 2.34. The summed E-state index contributed by atoms with van der Waals surface area (Å²) in [5, 5.41) is 13.2. The summed E-state index contributed by atoms with van der Waals surface area (Å²) in [5.74, 6) is 0.687. The quantitative estimate of drug-likeness (QED) is 0.758. The fourth-order valence-electron chi connectivity index (χ4n) is 2.46. The first kappa shape index (κ1) is 15.4. The average molecular weight is 327 g/mol. The zero-order chi connectivity index (χ0) is 16.6. The number of fused-ring (bicyclic) bond motifs is 1. The number of hydrogen-bond donors (Lipinski definition) is 2. The Bertz CT molecular complexity index is 885. The molecule has 0 saturated heterocycles. The molecule has 3 rings (SSSR count). The predicted molar refractivity (Wildman–Crippen MR) is 92.7 cm³/mol. The molecule has 0 spiro atoms. The largest absolute Gasteiger partial charge is 0.481 e. The number of aliphatic carboxylic acids is 1. The fourth-order valence-corrected chi connectivity index (χ4v) is 3.54. The van der Waals surface area contributed by atoms with Crippen molar-refractivity contribution in [2.75, 3.05) is 5.32 Å². The van der Waals surface area contributed by atoms with Crippen molar-refractivity contribution in [2.45, 2.75) is 27.2 Å². The molecule has 0 aliphatic carbocycles. The van der Waals surface area contributed by atoms with Crippen molar-refractivity contribution in [2.24, 2.45) is 0 Å². The molecule has 0 amide bonds. The van der Waals surface area contributed by atoms with Gasteiger partial charge in [0.2, 0.25) is 0 Å². The van der Waals surface area contributed by atoms with Gasteiger partial charge >= 0.3 is 5.97 Å². The zero-order valence-electron chi connectivity index (χ0n) is 13.2. The summed E-state index contributed by atoms with van der Waals surface area (Å²) in [5.41, 5.74) is 2.84. The van der Waals surface area contributed by atoms with Gasteiger partial charge < -0.3 is 10.4 Å². The van der Waals surface area contributed by atoms with Gasteiger partial charge in [0.1, 0.15) is 16.5 Å². The molecule has 3 aromatic rings. The predicted octanol–water partition coefficient (Wildman–Crippen LogP) is 3.99. The number of aromatic nitrogens is 2. The molecule has 2 N–H and O–H groups in total. The van der Waals surface area contributed by atoms with Crippen LogP contribution in [-0.2, 0) is 11.2 Å². The van der Waals surface area contributed by atoms with Gasteiger partial charge in [-0.3, -0.25) is 4.79 Å². The molecule has 2 heterocycles. The van der Waals surface area contributed by atoms with E-state index >= 15 is 0 Å². The maximum absolute atomic E-state index is 10.7. The Labute approximate surface area is 138 Å². The van der Waals surface area contributed by atoms with Crippen LogP contribution in [0.25, 0.3) is 10.2 Å². The number of thiophene rings is 1. The van der Waals surface area contributed by atoms with Gasteiger partial charge in [-0.2, -0.15) is 0 Å². The SMILES string of the molecule is Cc1nc(Nc2ccc(CC(=O)O)cc2)c2c(C)c(C)sc2n1. The van der Waals surface area contributed by atoms with E-state index in [0.29, 0.717) is 0 Å². The highest BCUT2D eigenvalue weighted by Gasteiger charge is 2.13. The third kappa shape index (κ3) is 3.17. The van der Waals surface area contributed by atoms with Crippen LogP contribution in [0.1, 0.15) is 21.8 Å². The summed E-state index contributed by atoms with van der Waals surface area (Å²) >= 11 is 1.67. The summed E-state index contributed by atoms with van der Waals surface area (Å²) in [4.78, 5) is 22.0. The Balaban J connectivity index is 1.96. The molecule has 23 heavy (non-hydrogen) atoms. The molecule has 0 unspecified atom stereocenters. The zero-order valence-corrected chi connectivity index (χ0v) is 14.0. The first-order chi connectivity index (χ1) is 10.9. The first-order valence-corrected chi connectivity index (χ1v) is 8.08. The standard InChI is InChI=1S/C17H17N3O2S/c1-9-10(2)23-17-15(9)16(18-11(3)19-17)20-13-6-4-12(5-7-13)8-14(21)22/h4-7H,8H2,1-3H3,(H,21,22)(H,18,19,20). The number of carboxylic acids is 1. The van der Waals surface area contributed by atoms with Crippen LogP contribution in [0.5, 0.6) is 0 Å². The summed E-state index contributed by atoms with van der Waals surface area (Å²) in [6, 6.07) is 7.37. The van der Waals surface area contributed by atoms with Crippen molar-refractivity contribution in [3.63, 3.8) is 0 Å². The van der Waals surface area contributed by atoms with Crippen LogP contribution in [-0.4, -0.2) is 21.0 Å². The van der Waals surface area contributed by atoms with E-state index in [1.165, 1.54) is 10.4 Å². The monoisotopic (exact) mass is 327 g/mol. The highest BCUT2D eigenvalue weighted by molar-refractivity contribution is 7.18. The number of nitrogens with zero attached hydrogens (tertiary/aromatic N) is 2. The molecule has 118 valence electrons. The van der Waals surface area contributed by atoms with E-state index < -0.39 is 5.97 Å². The molecule has 0 bridgehead atoms. The van der Waals surface area contributed by atoms with Crippen molar-refractivity contribution < 1.29 is 9.90 Å². The number of carboxylic acid groups (broad SMARTS) is 1. The first-order valence-electron chi connectivity index (χ1n) is 7.26. The lowest BCUT2D eigenvalue weighted by atomic mass is 10.1. The Morgan fingerprint density at radius 2 is 1.87 bits per heavy atom. The third-order valence-corrected chi connectivity index (χ3v) is 4.81. The van der Waals surface area contributed by atoms with Crippen molar-refractivity contribution in [1.82, 2.24) is 9.97 Å². The van der Waals surface area contributed by atoms with E-state index in [4.69, 9.17) is 5.11 Å². The second kappa shape index (κ2) is 5.96. The van der Waals surface area contributed by atoms with E-state index in [1.54, 1.807) is 11.3 Å². The topological polar surface area (TPSA) is 75.1 Å². The number of aryl methyl sites for hydroxylation is 3. The lowest BCUT2D eigenvalue weighted by Gasteiger charge is -2.09. The van der Waals surface area contributed by atoms with Crippen LogP contribution in [0.3, 0.4) is 0 Å². The van der Waals surface area contributed by atoms with Gasteiger partial charge in [-0.1, -0.05) is 12.1 Å². The van der Waals surface area contributed by atoms with E-state index in [0.717, 1.165) is 33.1 Å². The third-order valence-electron chi connectivity index (χ3n) is 3.71. The van der Waals surface area contributed by atoms with Crippen LogP contribution in [0.4, 0.5) is 11.5 Å². The Morgan fingerprint density at radius 3 is 2.52 bits per heavy atom. The van der Waals surface area contributed by atoms with Crippen molar-refractivity contribution in [3.05, 3.63) is 46.1 Å². The van der Waals surface area contributed by atoms with Gasteiger partial charge in [0, 0.05) is 10.6 Å². The maximum Gasteiger partial charge on any atom is 0.307 e. The number of hydrogen-bond acceptors (Lipinski definition) is 5. The van der Waals surface area contributed by atoms with Crippen LogP contribution in [0, 0.1) is 20.8 Å². The molecular weight excluding hydrogens is 310 g/mol. The lowest BCUT2D eigenvalue weighted by Crippen LogP contribution is -2.01. The minimum atomic E-state index is -0.830. The van der Waals surface area contributed by atoms with Gasteiger partial charge in [0.15, 0.2) is 0 Å². The Kier molecular flexibility index (Phi) is 4.00. The molecule has 1 aromatic carbocycles. The van der Waals surface area contributed by atoms with E-state index in [-0.39, 0.29) is 6.42 Å². The lowest BCUT2D eigenvalue weighted by molar-refractivity contribution is -0.136. The molecule has 0 saturated carbocycles. The van der Waals surface area contributed by atoms with E-state index in [9.17, 15) is 4.79 Å². The summed E-state index contributed by atoms with van der Waals surface area (Å²) in [6.07, 6.45) is 0.0278. The summed E-state index contributed by atoms with van der Waals surface area (Å²) in [7, 11) is 0. The molecule has 2 aromatic heterocycles. The fraction of sp³-hybridized carbons (Fsp3) is 0.235. The molecule has 0 aliphatic rings. The molecule has 0 radical (unpaired) electrons. The minimum Gasteiger partial charge on any atom is -0.481 e. The smallest absolute Gasteiger partial charge is 0.307 e. The van der Waals surface area contributed by atoms with Gasteiger partial charge in [-0.25, -0.2) is 9.97 Å². The minimum absolute atomic E-state index is 0.0278. The van der Waals surface area contributed by atoms with Crippen LogP contribution < -0.4 is 5.32 Å². The van der Waals surface area contributed by atoms with Gasteiger partial charge in [0.05, 0.1) is 11.8 Å². The molecular formula is C17H17N3O2S. The van der Waals surface area contributed by atoms with Crippen LogP contribution >= 0.6 is 11.3 Å². The molecule has 0 fully saturated rings. The molecule has 5 nitrogen and oxygen atoms in total. The normalized spacial score (nSPS) is 10.9. The number of nitrogens with one attached hydrogen (secondary N) is 1. The molecule has 0 aliphatic heterocycles. The van der Waals surface area contributed by atoms with E-state index in [2.05, 4.69) is 29.1 Å². The van der Waals surface area contributed by atoms with Crippen molar-refractivity contribution in [3.8, 4) is 0 Å². The second-order valence-electron chi connectivity index (χ2n) is 5.48. The van der Waals surface area contributed by atoms with Crippen LogP contribution in [0.2, 0.25) is 0 Å². The van der Waals surface area contributed by atoms with Crippen molar-refractivity contribution >= 4 is 39.0 Å². The van der Waals surface area contributed by atoms with Gasteiger partial charge in [-0.05, 0) is 44.0 Å². The molecule has 6 heteroatoms. The number of rotatable bonds is 4. The average Bonchev–Trinajstić information content (AvgIpc) is 2.75. The number of anilines is 2. The summed E-state index contributed by atoms with van der Waals surface area (Å²) in [6.45, 7) is 6.04. The van der Waals surface area contributed by atoms with E-state index in [1.807, 2.05) is 31.2 Å². The molecule has 0 atom stereocenters. The Morgan fingerprint density at radius 1 is 1.17 bits per heavy atom. The summed E-state index contributed by atoms with van der Waals surface area (Å²) < 4.78 is 0. The van der Waals surface area contributed by atoms with Gasteiger partial charge in [0.25, 0.3) is 0 Å². The van der Waals surface area contributed by atoms with Crippen molar-refractivity contribution in [1.29, 1.82) is 0 Å². The van der Waals surface area contributed by atoms with Gasteiger partial charge in [-0.15, -0.1) is 11.3 Å². The maximum atomic E-state index is 10.7. The highest BCUT2D eigenvalue weighted by atomic mass is 32.1. The van der Waals surface area contributed by atoms with Crippen LogP contribution in [0.15, 0.2) is 24.3 Å². The number of carbonyl (C=O) groups is 1. The second-order valence-corrected chi connectivity index (χ2v) is 6.68. The Hall–Kier alpha value is -2.47. The number of benzene rings is 1.